The molecule has 3 nitrogen and oxygen atoms in total. The van der Waals surface area contributed by atoms with Crippen LogP contribution in [0, 0.1) is 24.4 Å². The standard InChI is InChI=1S/C16H15F3N2O/c1-9-3-5-11(6-4-9)20-10(2)16(22)21-13-8-7-12(17)14(18)15(13)19/h3-8,10,20H,1-2H3,(H,21,22)/t10-/m1/s1. The smallest absolute Gasteiger partial charge is 0.246 e. The summed E-state index contributed by atoms with van der Waals surface area (Å²) in [5.41, 5.74) is 1.40. The molecule has 2 rings (SSSR count). The summed E-state index contributed by atoms with van der Waals surface area (Å²) in [6, 6.07) is 8.41. The van der Waals surface area contributed by atoms with Gasteiger partial charge in [0.25, 0.3) is 0 Å². The van der Waals surface area contributed by atoms with Gasteiger partial charge in [-0.1, -0.05) is 17.7 Å². The molecule has 0 aliphatic heterocycles. The van der Waals surface area contributed by atoms with Crippen molar-refractivity contribution >= 4 is 17.3 Å². The molecule has 1 atom stereocenters. The Balaban J connectivity index is 2.05. The highest BCUT2D eigenvalue weighted by Gasteiger charge is 2.18. The maximum atomic E-state index is 13.5. The van der Waals surface area contributed by atoms with Crippen molar-refractivity contribution in [2.24, 2.45) is 0 Å². The van der Waals surface area contributed by atoms with Crippen molar-refractivity contribution in [3.05, 3.63) is 59.4 Å². The molecule has 116 valence electrons. The molecular formula is C16H15F3N2O. The molecular weight excluding hydrogens is 293 g/mol. The van der Waals surface area contributed by atoms with Crippen LogP contribution in [0.4, 0.5) is 24.5 Å². The molecule has 22 heavy (non-hydrogen) atoms. The first-order valence-corrected chi connectivity index (χ1v) is 6.66. The van der Waals surface area contributed by atoms with Gasteiger partial charge in [-0.2, -0.15) is 0 Å². The molecule has 1 amide bonds. The Morgan fingerprint density at radius 1 is 1.00 bits per heavy atom. The number of aryl methyl sites for hydroxylation is 1. The third-order valence-electron chi connectivity index (χ3n) is 3.12. The van der Waals surface area contributed by atoms with Crippen molar-refractivity contribution in [2.75, 3.05) is 10.6 Å². The molecule has 0 aliphatic rings. The lowest BCUT2D eigenvalue weighted by Gasteiger charge is -2.16. The van der Waals surface area contributed by atoms with Gasteiger partial charge in [0.2, 0.25) is 5.91 Å². The molecule has 2 aromatic carbocycles. The lowest BCUT2D eigenvalue weighted by atomic mass is 10.2. The summed E-state index contributed by atoms with van der Waals surface area (Å²) in [4.78, 5) is 12.0. The summed E-state index contributed by atoms with van der Waals surface area (Å²) in [6.07, 6.45) is 0. The molecule has 0 aliphatic carbocycles. The number of amides is 1. The van der Waals surface area contributed by atoms with Crippen LogP contribution >= 0.6 is 0 Å². The topological polar surface area (TPSA) is 41.1 Å². The van der Waals surface area contributed by atoms with E-state index in [9.17, 15) is 18.0 Å². The Morgan fingerprint density at radius 2 is 1.64 bits per heavy atom. The van der Waals surface area contributed by atoms with Gasteiger partial charge in [0.1, 0.15) is 6.04 Å². The lowest BCUT2D eigenvalue weighted by molar-refractivity contribution is -0.116. The van der Waals surface area contributed by atoms with Gasteiger partial charge in [-0.05, 0) is 38.1 Å². The zero-order valence-corrected chi connectivity index (χ0v) is 12.1. The molecule has 2 aromatic rings. The number of carbonyl (C=O) groups is 1. The van der Waals surface area contributed by atoms with Crippen molar-refractivity contribution in [3.63, 3.8) is 0 Å². The fourth-order valence-electron chi connectivity index (χ4n) is 1.83. The third-order valence-corrected chi connectivity index (χ3v) is 3.12. The van der Waals surface area contributed by atoms with E-state index >= 15 is 0 Å². The molecule has 0 radical (unpaired) electrons. The first-order chi connectivity index (χ1) is 10.4. The van der Waals surface area contributed by atoms with Gasteiger partial charge >= 0.3 is 0 Å². The molecule has 0 unspecified atom stereocenters. The minimum Gasteiger partial charge on any atom is -0.374 e. The maximum Gasteiger partial charge on any atom is 0.246 e. The quantitative estimate of drug-likeness (QED) is 0.842. The molecule has 0 fully saturated rings. The summed E-state index contributed by atoms with van der Waals surface area (Å²) < 4.78 is 39.5. The number of nitrogens with one attached hydrogen (secondary N) is 2. The van der Waals surface area contributed by atoms with Crippen molar-refractivity contribution in [1.29, 1.82) is 0 Å². The first-order valence-electron chi connectivity index (χ1n) is 6.66. The summed E-state index contributed by atoms with van der Waals surface area (Å²) in [5, 5.41) is 5.16. The molecule has 0 bridgehead atoms. The molecule has 0 spiro atoms. The van der Waals surface area contributed by atoms with Gasteiger partial charge in [0, 0.05) is 5.69 Å². The highest BCUT2D eigenvalue weighted by atomic mass is 19.2. The summed E-state index contributed by atoms with van der Waals surface area (Å²) in [6.45, 7) is 3.51. The number of hydrogen-bond acceptors (Lipinski definition) is 2. The number of halogens is 3. The van der Waals surface area contributed by atoms with Gasteiger partial charge in [0.05, 0.1) is 5.69 Å². The number of benzene rings is 2. The van der Waals surface area contributed by atoms with E-state index in [2.05, 4.69) is 10.6 Å². The maximum absolute atomic E-state index is 13.5. The Kier molecular flexibility index (Phi) is 4.70. The minimum atomic E-state index is -1.61. The van der Waals surface area contributed by atoms with E-state index in [0.717, 1.165) is 23.4 Å². The Morgan fingerprint density at radius 3 is 2.27 bits per heavy atom. The van der Waals surface area contributed by atoms with Crippen LogP contribution in [0.5, 0.6) is 0 Å². The van der Waals surface area contributed by atoms with Crippen LogP contribution in [-0.4, -0.2) is 11.9 Å². The fourth-order valence-corrected chi connectivity index (χ4v) is 1.83. The normalized spacial score (nSPS) is 11.9. The number of rotatable bonds is 4. The van der Waals surface area contributed by atoms with Gasteiger partial charge < -0.3 is 10.6 Å². The minimum absolute atomic E-state index is 0.401. The monoisotopic (exact) mass is 308 g/mol. The summed E-state index contributed by atoms with van der Waals surface area (Å²) >= 11 is 0. The van der Waals surface area contributed by atoms with E-state index in [4.69, 9.17) is 0 Å². The number of hydrogen-bond donors (Lipinski definition) is 2. The van der Waals surface area contributed by atoms with E-state index in [0.29, 0.717) is 0 Å². The van der Waals surface area contributed by atoms with Crippen LogP contribution in [-0.2, 0) is 4.79 Å². The summed E-state index contributed by atoms with van der Waals surface area (Å²) in [5.74, 6) is -4.90. The zero-order valence-electron chi connectivity index (χ0n) is 12.1. The second-order valence-electron chi connectivity index (χ2n) is 4.94. The van der Waals surface area contributed by atoms with E-state index in [1.807, 2.05) is 19.1 Å². The van der Waals surface area contributed by atoms with Gasteiger partial charge in [-0.25, -0.2) is 13.2 Å². The predicted octanol–water partition coefficient (Wildman–Crippen LogP) is 3.85. The highest BCUT2D eigenvalue weighted by molar-refractivity contribution is 5.96. The van der Waals surface area contributed by atoms with Crippen LogP contribution in [0.2, 0.25) is 0 Å². The second-order valence-corrected chi connectivity index (χ2v) is 4.94. The van der Waals surface area contributed by atoms with Crippen molar-refractivity contribution in [2.45, 2.75) is 19.9 Å². The van der Waals surface area contributed by atoms with Crippen LogP contribution in [0.15, 0.2) is 36.4 Å². The second kappa shape index (κ2) is 6.51. The van der Waals surface area contributed by atoms with E-state index in [1.54, 1.807) is 19.1 Å². The van der Waals surface area contributed by atoms with Crippen LogP contribution in [0.3, 0.4) is 0 Å². The van der Waals surface area contributed by atoms with Crippen LogP contribution < -0.4 is 10.6 Å². The fraction of sp³-hybridized carbons (Fsp3) is 0.188. The first kappa shape index (κ1) is 15.9. The summed E-state index contributed by atoms with van der Waals surface area (Å²) in [7, 11) is 0. The van der Waals surface area contributed by atoms with Crippen LogP contribution in [0.25, 0.3) is 0 Å². The molecule has 0 saturated heterocycles. The molecule has 6 heteroatoms. The van der Waals surface area contributed by atoms with Gasteiger partial charge in [-0.3, -0.25) is 4.79 Å². The van der Waals surface area contributed by atoms with Crippen molar-refractivity contribution in [3.8, 4) is 0 Å². The Labute approximate surface area is 126 Å². The van der Waals surface area contributed by atoms with Gasteiger partial charge in [0.15, 0.2) is 17.5 Å². The van der Waals surface area contributed by atoms with Gasteiger partial charge in [-0.15, -0.1) is 0 Å². The molecule has 0 aromatic heterocycles. The number of anilines is 2. The SMILES string of the molecule is Cc1ccc(N[C@H](C)C(=O)Nc2ccc(F)c(F)c2F)cc1. The van der Waals surface area contributed by atoms with Crippen molar-refractivity contribution in [1.82, 2.24) is 0 Å². The predicted molar refractivity (Wildman–Crippen MR) is 79.2 cm³/mol. The average Bonchev–Trinajstić information content (AvgIpc) is 2.50. The Hall–Kier alpha value is -2.50. The van der Waals surface area contributed by atoms with E-state index in [-0.39, 0.29) is 0 Å². The van der Waals surface area contributed by atoms with Crippen molar-refractivity contribution < 1.29 is 18.0 Å². The van der Waals surface area contributed by atoms with E-state index < -0.39 is 35.1 Å². The zero-order chi connectivity index (χ0) is 16.3. The molecule has 0 saturated carbocycles. The molecule has 0 heterocycles. The Bertz CT molecular complexity index is 687. The molecule has 2 N–H and O–H groups in total. The average molecular weight is 308 g/mol. The number of carbonyl (C=O) groups excluding carboxylic acids is 1. The largest absolute Gasteiger partial charge is 0.374 e. The van der Waals surface area contributed by atoms with Crippen LogP contribution in [0.1, 0.15) is 12.5 Å². The third kappa shape index (κ3) is 3.58. The van der Waals surface area contributed by atoms with E-state index in [1.165, 1.54) is 0 Å². The lowest BCUT2D eigenvalue weighted by Crippen LogP contribution is -2.32. The highest BCUT2D eigenvalue weighted by Crippen LogP contribution is 2.20.